The topological polar surface area (TPSA) is 29.9 Å². The number of halogens is 24. The average molecular weight is 982 g/mol. The van der Waals surface area contributed by atoms with Gasteiger partial charge in [0.05, 0.1) is 62.3 Å². The van der Waals surface area contributed by atoms with E-state index < -0.39 is 195 Å². The van der Waals surface area contributed by atoms with Crippen LogP contribution in [0.15, 0.2) is 103 Å². The molecule has 0 saturated heterocycles. The summed E-state index contributed by atoms with van der Waals surface area (Å²) >= 11 is 0. The molecular formula is C39H19BF24N2. The van der Waals surface area contributed by atoms with E-state index in [0.717, 1.165) is 5.65 Å². The summed E-state index contributed by atoms with van der Waals surface area (Å²) in [6, 6.07) is -2.74. The third kappa shape index (κ3) is 11.0. The van der Waals surface area contributed by atoms with Gasteiger partial charge >= 0.3 is 49.4 Å². The van der Waals surface area contributed by atoms with Gasteiger partial charge in [-0.2, -0.15) is 127 Å². The Morgan fingerprint density at radius 2 is 0.545 bits per heavy atom. The molecule has 27 heteroatoms. The van der Waals surface area contributed by atoms with E-state index in [2.05, 4.69) is 16.0 Å². The summed E-state index contributed by atoms with van der Waals surface area (Å²) < 4.78 is 341. The molecule has 0 bridgehead atoms. The van der Waals surface area contributed by atoms with E-state index in [1.165, 1.54) is 5.39 Å². The summed E-state index contributed by atoms with van der Waals surface area (Å²) in [7, 11) is 0. The molecule has 0 unspecified atom stereocenters. The van der Waals surface area contributed by atoms with Gasteiger partial charge in [-0.15, -0.1) is 0 Å². The van der Waals surface area contributed by atoms with Crippen molar-refractivity contribution in [3.63, 3.8) is 0 Å². The first-order valence-corrected chi connectivity index (χ1v) is 17.5. The molecule has 0 spiro atoms. The van der Waals surface area contributed by atoms with Gasteiger partial charge in [-0.3, -0.25) is 0 Å². The highest BCUT2D eigenvalue weighted by Crippen LogP contribution is 2.41. The molecule has 0 radical (unpaired) electrons. The fourth-order valence-corrected chi connectivity index (χ4v) is 7.00. The average Bonchev–Trinajstić information content (AvgIpc) is 3.65. The van der Waals surface area contributed by atoms with Crippen LogP contribution in [0.4, 0.5) is 105 Å². The molecule has 0 aliphatic heterocycles. The molecule has 4 aromatic carbocycles. The molecule has 6 rings (SSSR count). The van der Waals surface area contributed by atoms with Gasteiger partial charge in [0, 0.05) is 0 Å². The van der Waals surface area contributed by atoms with Crippen molar-refractivity contribution in [3.8, 4) is 0 Å². The van der Waals surface area contributed by atoms with Gasteiger partial charge in [-0.1, -0.05) is 48.5 Å². The minimum Gasteiger partial charge on any atom is -0.247 e. The zero-order valence-electron chi connectivity index (χ0n) is 31.5. The van der Waals surface area contributed by atoms with Crippen LogP contribution in [0.25, 0.3) is 11.0 Å². The van der Waals surface area contributed by atoms with Crippen LogP contribution in [-0.2, 0) is 49.4 Å². The van der Waals surface area contributed by atoms with Crippen molar-refractivity contribution in [1.29, 1.82) is 0 Å². The second kappa shape index (κ2) is 16.7. The van der Waals surface area contributed by atoms with E-state index in [0.29, 0.717) is 0 Å². The maximum Gasteiger partial charge on any atom is 0.416 e. The Kier molecular flexibility index (Phi) is 12.9. The molecule has 0 atom stereocenters. The first kappa shape index (κ1) is 50.9. The first-order valence-electron chi connectivity index (χ1n) is 17.5. The van der Waals surface area contributed by atoms with Crippen LogP contribution >= 0.6 is 0 Å². The fraction of sp³-hybridized carbons (Fsp3) is 0.205. The van der Waals surface area contributed by atoms with Crippen molar-refractivity contribution in [2.75, 3.05) is 0 Å². The predicted octanol–water partition coefficient (Wildman–Crippen LogP) is 12.2. The lowest BCUT2D eigenvalue weighted by atomic mass is 9.12. The summed E-state index contributed by atoms with van der Waals surface area (Å²) in [4.78, 5) is 6.14. The Balaban J connectivity index is 0.000000798. The smallest absolute Gasteiger partial charge is 0.247 e. The van der Waals surface area contributed by atoms with Crippen molar-refractivity contribution in [1.82, 2.24) is 4.98 Å². The van der Waals surface area contributed by atoms with E-state index in [9.17, 15) is 105 Å². The highest BCUT2D eigenvalue weighted by Gasteiger charge is 2.47. The van der Waals surface area contributed by atoms with Gasteiger partial charge in [0.25, 0.3) is 5.65 Å². The third-order valence-corrected chi connectivity index (χ3v) is 9.82. The maximum atomic E-state index is 14.2. The van der Waals surface area contributed by atoms with Gasteiger partial charge in [-0.05, 0) is 42.5 Å². The van der Waals surface area contributed by atoms with E-state index >= 15 is 0 Å². The summed E-state index contributed by atoms with van der Waals surface area (Å²) in [5, 5.41) is 1.22. The number of hydrogen-bond acceptors (Lipinski definition) is 0. The lowest BCUT2D eigenvalue weighted by Gasteiger charge is -2.46. The number of benzene rings is 4. The van der Waals surface area contributed by atoms with E-state index in [1.807, 2.05) is 24.5 Å². The van der Waals surface area contributed by atoms with Crippen LogP contribution in [0.2, 0.25) is 0 Å². The highest BCUT2D eigenvalue weighted by atomic mass is 19.4. The minimum atomic E-state index is -6.13. The third-order valence-electron chi connectivity index (χ3n) is 9.82. The SMILES string of the molecule is FC(F)(F)c1cc([B-](c2cc(C(F)(F)F)cc(C(F)(F)F)c2)(c2cc(C(F)(F)F)cc(C(F)(F)F)c2)c2cc(C(F)(F)F)cc(C(F)(F)F)c2)cc(C(F)(F)F)c1.c1c[nH+]c2[nH]ccc2c1. The largest absolute Gasteiger partial charge is 0.416 e. The zero-order valence-corrected chi connectivity index (χ0v) is 31.5. The molecule has 0 fully saturated rings. The number of rotatable bonds is 4. The summed E-state index contributed by atoms with van der Waals surface area (Å²) in [6.45, 7) is 0. The van der Waals surface area contributed by atoms with Gasteiger partial charge in [0.1, 0.15) is 6.15 Å². The highest BCUT2D eigenvalue weighted by molar-refractivity contribution is 7.20. The zero-order chi connectivity index (χ0) is 50.0. The number of hydrogen-bond donors (Lipinski definition) is 1. The quantitative estimate of drug-likeness (QED) is 0.135. The molecule has 0 saturated carbocycles. The maximum absolute atomic E-state index is 14.2. The molecule has 2 nitrogen and oxygen atoms in total. The van der Waals surface area contributed by atoms with Crippen molar-refractivity contribution < 1.29 is 110 Å². The Labute approximate surface area is 351 Å². The Morgan fingerprint density at radius 3 is 0.742 bits per heavy atom. The molecule has 6 aromatic rings. The number of aromatic nitrogens is 2. The van der Waals surface area contributed by atoms with Gasteiger partial charge in [0.15, 0.2) is 0 Å². The molecule has 0 aliphatic rings. The number of nitrogens with one attached hydrogen (secondary N) is 2. The number of H-pyrrole nitrogens is 2. The number of alkyl halides is 24. The van der Waals surface area contributed by atoms with Crippen molar-refractivity contribution in [3.05, 3.63) is 148 Å². The number of fused-ring (bicyclic) bond motifs is 1. The fourth-order valence-electron chi connectivity index (χ4n) is 7.00. The predicted molar refractivity (Wildman–Crippen MR) is 185 cm³/mol. The van der Waals surface area contributed by atoms with Crippen LogP contribution < -0.4 is 26.8 Å². The molecule has 2 N–H and O–H groups in total. The van der Waals surface area contributed by atoms with Crippen LogP contribution in [0.1, 0.15) is 44.5 Å². The molecule has 66 heavy (non-hydrogen) atoms. The Morgan fingerprint density at radius 1 is 0.318 bits per heavy atom. The summed E-state index contributed by atoms with van der Waals surface area (Å²) in [6.07, 6.45) is -51.0. The Bertz CT molecular complexity index is 2240. The first-order chi connectivity index (χ1) is 29.7. The molecule has 2 aromatic heterocycles. The van der Waals surface area contributed by atoms with Crippen molar-refractivity contribution >= 4 is 39.0 Å². The van der Waals surface area contributed by atoms with Crippen LogP contribution in [0.3, 0.4) is 0 Å². The standard InChI is InChI=1S/C32H12BF24.C7H6N2/c34-25(35,36)13-1-14(26(37,38)39)6-21(5-13)33(22-7-15(27(40,41)42)2-16(8-22)28(43,44)45,23-9-17(29(46,47)48)3-18(10-23)30(49,50)51)24-11-19(31(52,53)54)4-20(12-24)32(55,56)57;1-2-6-3-5-9-7(6)8-4-1/h1-12H;1-5H,(H,8,9)/q-1;/p+1. The molecule has 356 valence electrons. The lowest BCUT2D eigenvalue weighted by Crippen LogP contribution is -2.75. The number of aromatic amines is 2. The monoisotopic (exact) mass is 982 g/mol. The van der Waals surface area contributed by atoms with Gasteiger partial charge in [0.2, 0.25) is 0 Å². The molecule has 0 amide bonds. The molecule has 2 heterocycles. The number of pyridine rings is 1. The van der Waals surface area contributed by atoms with E-state index in [4.69, 9.17) is 0 Å². The summed E-state index contributed by atoms with van der Waals surface area (Å²) in [5.74, 6) is 0. The lowest BCUT2D eigenvalue weighted by molar-refractivity contribution is -0.347. The van der Waals surface area contributed by atoms with Crippen LogP contribution in [-0.4, -0.2) is 11.1 Å². The van der Waals surface area contributed by atoms with Crippen LogP contribution in [0, 0.1) is 0 Å². The minimum absolute atomic E-state index is 0.691. The van der Waals surface area contributed by atoms with Crippen LogP contribution in [0.5, 0.6) is 0 Å². The molecule has 0 aliphatic carbocycles. The van der Waals surface area contributed by atoms with Gasteiger partial charge in [-0.25, -0.2) is 9.97 Å². The Hall–Kier alpha value is -6.05. The molecular weight excluding hydrogens is 963 g/mol. The summed E-state index contributed by atoms with van der Waals surface area (Å²) in [5.41, 5.74) is -29.1. The van der Waals surface area contributed by atoms with Crippen molar-refractivity contribution in [2.24, 2.45) is 0 Å². The second-order valence-electron chi connectivity index (χ2n) is 14.2. The second-order valence-corrected chi connectivity index (χ2v) is 14.2. The van der Waals surface area contributed by atoms with E-state index in [1.54, 1.807) is 0 Å². The normalized spacial score (nSPS) is 13.8. The van der Waals surface area contributed by atoms with E-state index in [-0.39, 0.29) is 0 Å². The van der Waals surface area contributed by atoms with Crippen molar-refractivity contribution in [2.45, 2.75) is 49.4 Å². The van der Waals surface area contributed by atoms with Gasteiger partial charge < -0.3 is 0 Å².